The summed E-state index contributed by atoms with van der Waals surface area (Å²) in [6, 6.07) is 14.8. The maximum Gasteiger partial charge on any atom is 0.337 e. The molecule has 3 aromatic rings. The molecule has 4 rings (SSSR count). The average Bonchev–Trinajstić information content (AvgIpc) is 2.78. The first-order chi connectivity index (χ1) is 15.1. The Morgan fingerprint density at radius 3 is 2.13 bits per heavy atom. The van der Waals surface area contributed by atoms with Crippen LogP contribution in [0.25, 0.3) is 22.0 Å². The molecule has 0 bridgehead atoms. The van der Waals surface area contributed by atoms with Gasteiger partial charge in [0.25, 0.3) is 5.91 Å². The van der Waals surface area contributed by atoms with E-state index in [1.165, 1.54) is 13.5 Å². The molecule has 2 heterocycles. The van der Waals surface area contributed by atoms with Gasteiger partial charge in [-0.2, -0.15) is 0 Å². The van der Waals surface area contributed by atoms with E-state index in [0.717, 1.165) is 41.5 Å². The number of esters is 1. The zero-order valence-electron chi connectivity index (χ0n) is 19.1. The van der Waals surface area contributed by atoms with Gasteiger partial charge in [0.1, 0.15) is 0 Å². The number of pyridine rings is 1. The van der Waals surface area contributed by atoms with Crippen LogP contribution in [0.15, 0.2) is 54.7 Å². The smallest absolute Gasteiger partial charge is 0.337 e. The molecule has 0 spiro atoms. The summed E-state index contributed by atoms with van der Waals surface area (Å²) in [5.41, 5.74) is 3.95. The fraction of sp³-hybridized carbons (Fsp3) is 0.346. The highest BCUT2D eigenvalue weighted by Crippen LogP contribution is 2.29. The molecule has 0 N–H and O–H groups in total. The standard InChI is InChI=1S/C21H18N2O3.C3H8.C2H6/c1-26-21(25)15-5-3-14(4-6-15)17-9-10-22-19-8-7-16(13-18(17)19)20(24)23-11-2-12-23;1-3-2;1-2/h3-10,13H,2,11-12H2,1H3;3H2,1-2H3;1-2H3. The fourth-order valence-corrected chi connectivity index (χ4v) is 3.14. The SMILES string of the molecule is CC.CCC.COC(=O)c1ccc(-c2ccnc3ccc(C(=O)N4CCC4)cc23)cc1. The molecule has 0 unspecified atom stereocenters. The predicted molar refractivity (Wildman–Crippen MR) is 126 cm³/mol. The van der Waals surface area contributed by atoms with Crippen molar-refractivity contribution in [2.45, 2.75) is 40.5 Å². The summed E-state index contributed by atoms with van der Waals surface area (Å²) in [4.78, 5) is 30.4. The highest BCUT2D eigenvalue weighted by molar-refractivity contribution is 6.02. The largest absolute Gasteiger partial charge is 0.465 e. The number of amides is 1. The predicted octanol–water partition coefficient (Wildman–Crippen LogP) is 5.98. The zero-order chi connectivity index (χ0) is 22.8. The molecule has 0 radical (unpaired) electrons. The molecule has 5 heteroatoms. The van der Waals surface area contributed by atoms with Gasteiger partial charge in [0, 0.05) is 30.2 Å². The van der Waals surface area contributed by atoms with Gasteiger partial charge in [0.05, 0.1) is 18.2 Å². The molecule has 1 saturated heterocycles. The average molecular weight is 421 g/mol. The number of nitrogens with zero attached hydrogens (tertiary/aromatic N) is 2. The summed E-state index contributed by atoms with van der Waals surface area (Å²) in [6.07, 6.45) is 4.07. The highest BCUT2D eigenvalue weighted by Gasteiger charge is 2.22. The van der Waals surface area contributed by atoms with Crippen LogP contribution < -0.4 is 0 Å². The summed E-state index contributed by atoms with van der Waals surface area (Å²) in [6.45, 7) is 9.90. The number of rotatable bonds is 3. The molecule has 5 nitrogen and oxygen atoms in total. The normalized spacial score (nSPS) is 12.0. The minimum Gasteiger partial charge on any atom is -0.465 e. The van der Waals surface area contributed by atoms with E-state index >= 15 is 0 Å². The molecular formula is C26H32N2O3. The number of hydrogen-bond donors (Lipinski definition) is 0. The maximum atomic E-state index is 12.5. The highest BCUT2D eigenvalue weighted by atomic mass is 16.5. The number of methoxy groups -OCH3 is 1. The Bertz CT molecular complexity index is 1010. The molecular weight excluding hydrogens is 388 g/mol. The second kappa shape index (κ2) is 11.8. The lowest BCUT2D eigenvalue weighted by Gasteiger charge is -2.31. The molecule has 164 valence electrons. The number of carbonyl (C=O) groups is 2. The van der Waals surface area contributed by atoms with Crippen molar-refractivity contribution in [1.82, 2.24) is 9.88 Å². The quantitative estimate of drug-likeness (QED) is 0.489. The van der Waals surface area contributed by atoms with Crippen molar-refractivity contribution in [2.75, 3.05) is 20.2 Å². The van der Waals surface area contributed by atoms with Crippen molar-refractivity contribution >= 4 is 22.8 Å². The summed E-state index contributed by atoms with van der Waals surface area (Å²) in [7, 11) is 1.36. The maximum absolute atomic E-state index is 12.5. The Balaban J connectivity index is 0.000000630. The van der Waals surface area contributed by atoms with Crippen LogP contribution in [0.2, 0.25) is 0 Å². The topological polar surface area (TPSA) is 59.5 Å². The van der Waals surface area contributed by atoms with E-state index < -0.39 is 0 Å². The Morgan fingerprint density at radius 1 is 0.968 bits per heavy atom. The van der Waals surface area contributed by atoms with Gasteiger partial charge in [-0.1, -0.05) is 46.2 Å². The van der Waals surface area contributed by atoms with Crippen molar-refractivity contribution in [3.05, 3.63) is 65.9 Å². The van der Waals surface area contributed by atoms with Crippen molar-refractivity contribution in [1.29, 1.82) is 0 Å². The molecule has 1 aliphatic rings. The first-order valence-electron chi connectivity index (χ1n) is 11.0. The van der Waals surface area contributed by atoms with E-state index in [4.69, 9.17) is 4.74 Å². The Labute approximate surface area is 185 Å². The molecule has 1 amide bonds. The van der Waals surface area contributed by atoms with Gasteiger partial charge >= 0.3 is 5.97 Å². The van der Waals surface area contributed by atoms with E-state index in [2.05, 4.69) is 18.8 Å². The summed E-state index contributed by atoms with van der Waals surface area (Å²) in [5, 5.41) is 0.921. The van der Waals surface area contributed by atoms with Crippen LogP contribution in [0, 0.1) is 0 Å². The van der Waals surface area contributed by atoms with Gasteiger partial charge < -0.3 is 9.64 Å². The van der Waals surface area contributed by atoms with Crippen LogP contribution >= 0.6 is 0 Å². The lowest BCUT2D eigenvalue weighted by Crippen LogP contribution is -2.41. The van der Waals surface area contributed by atoms with Gasteiger partial charge in [0.15, 0.2) is 0 Å². The second-order valence-electron chi connectivity index (χ2n) is 7.01. The van der Waals surface area contributed by atoms with Gasteiger partial charge in [-0.15, -0.1) is 0 Å². The summed E-state index contributed by atoms with van der Waals surface area (Å²) in [5.74, 6) is -0.299. The Hall–Kier alpha value is -3.21. The van der Waals surface area contributed by atoms with Gasteiger partial charge in [0.2, 0.25) is 0 Å². The lowest BCUT2D eigenvalue weighted by atomic mass is 9.98. The van der Waals surface area contributed by atoms with Crippen molar-refractivity contribution in [2.24, 2.45) is 0 Å². The van der Waals surface area contributed by atoms with E-state index in [0.29, 0.717) is 11.1 Å². The third-order valence-electron chi connectivity index (χ3n) is 4.75. The first kappa shape index (κ1) is 24.1. The molecule has 1 fully saturated rings. The molecule has 31 heavy (non-hydrogen) atoms. The number of benzene rings is 2. The van der Waals surface area contributed by atoms with Crippen LogP contribution in [-0.4, -0.2) is 42.0 Å². The second-order valence-corrected chi connectivity index (χ2v) is 7.01. The third kappa shape index (κ3) is 5.69. The van der Waals surface area contributed by atoms with Gasteiger partial charge in [-0.05, 0) is 53.9 Å². The number of hydrogen-bond acceptors (Lipinski definition) is 4. The first-order valence-corrected chi connectivity index (χ1v) is 11.0. The van der Waals surface area contributed by atoms with Crippen molar-refractivity contribution < 1.29 is 14.3 Å². The molecule has 0 aliphatic carbocycles. The molecule has 1 aliphatic heterocycles. The van der Waals surface area contributed by atoms with Crippen LogP contribution in [-0.2, 0) is 4.74 Å². The van der Waals surface area contributed by atoms with Gasteiger partial charge in [-0.25, -0.2) is 4.79 Å². The van der Waals surface area contributed by atoms with E-state index in [1.807, 2.05) is 55.1 Å². The van der Waals surface area contributed by atoms with Crippen LogP contribution in [0.1, 0.15) is 61.3 Å². The molecule has 2 aromatic carbocycles. The molecule has 0 atom stereocenters. The summed E-state index contributed by atoms with van der Waals surface area (Å²) >= 11 is 0. The zero-order valence-corrected chi connectivity index (χ0v) is 19.1. The number of fused-ring (bicyclic) bond motifs is 1. The monoisotopic (exact) mass is 420 g/mol. The molecule has 1 aromatic heterocycles. The minimum atomic E-state index is -0.362. The van der Waals surface area contributed by atoms with Crippen LogP contribution in [0.5, 0.6) is 0 Å². The van der Waals surface area contributed by atoms with Gasteiger partial charge in [-0.3, -0.25) is 9.78 Å². The van der Waals surface area contributed by atoms with Crippen LogP contribution in [0.4, 0.5) is 0 Å². The molecule has 0 saturated carbocycles. The number of carbonyl (C=O) groups excluding carboxylic acids is 2. The van der Waals surface area contributed by atoms with E-state index in [-0.39, 0.29) is 11.9 Å². The minimum absolute atomic E-state index is 0.0639. The fourth-order valence-electron chi connectivity index (χ4n) is 3.14. The van der Waals surface area contributed by atoms with E-state index in [9.17, 15) is 9.59 Å². The number of aromatic nitrogens is 1. The number of ether oxygens (including phenoxy) is 1. The van der Waals surface area contributed by atoms with Crippen molar-refractivity contribution in [3.8, 4) is 11.1 Å². The van der Waals surface area contributed by atoms with Crippen molar-refractivity contribution in [3.63, 3.8) is 0 Å². The Morgan fingerprint density at radius 2 is 1.58 bits per heavy atom. The summed E-state index contributed by atoms with van der Waals surface area (Å²) < 4.78 is 4.74. The number of likely N-dealkylation sites (tertiary alicyclic amines) is 1. The lowest BCUT2D eigenvalue weighted by molar-refractivity contribution is 0.0599. The third-order valence-corrected chi connectivity index (χ3v) is 4.75. The van der Waals surface area contributed by atoms with Crippen LogP contribution in [0.3, 0.4) is 0 Å². The van der Waals surface area contributed by atoms with E-state index in [1.54, 1.807) is 18.3 Å². The Kier molecular flexibility index (Phi) is 9.19.